The highest BCUT2D eigenvalue weighted by Gasteiger charge is 2.63. The van der Waals surface area contributed by atoms with Crippen molar-refractivity contribution >= 4 is 11.5 Å². The van der Waals surface area contributed by atoms with Crippen LogP contribution in [0.15, 0.2) is 60.3 Å². The maximum atomic E-state index is 13.5. The van der Waals surface area contributed by atoms with Crippen molar-refractivity contribution in [2.24, 2.45) is 0 Å². The first-order valence-electron chi connectivity index (χ1n) is 7.49. The monoisotopic (exact) mass is 365 g/mol. The van der Waals surface area contributed by atoms with Crippen LogP contribution in [0.5, 0.6) is 11.5 Å². The Bertz CT molecular complexity index is 861. The number of rotatable bonds is 3. The highest BCUT2D eigenvalue weighted by molar-refractivity contribution is 6.12. The molecule has 0 aliphatic carbocycles. The summed E-state index contributed by atoms with van der Waals surface area (Å²) in [6.45, 7) is 0. The fraction of sp³-hybridized carbons (Fsp3) is 0.167. The summed E-state index contributed by atoms with van der Waals surface area (Å²) in [4.78, 5) is 12.5. The quantitative estimate of drug-likeness (QED) is 0.815. The number of carbonyl (C=O) groups is 1. The average molecular weight is 365 g/mol. The van der Waals surface area contributed by atoms with Gasteiger partial charge in [-0.2, -0.15) is 13.2 Å². The predicted octanol–water partition coefficient (Wildman–Crippen LogP) is 3.52. The molecule has 2 aromatic carbocycles. The Labute approximate surface area is 146 Å². The average Bonchev–Trinajstić information content (AvgIpc) is 2.61. The molecule has 1 aliphatic rings. The predicted molar refractivity (Wildman–Crippen MR) is 87.1 cm³/mol. The molecule has 0 radical (unpaired) electrons. The van der Waals surface area contributed by atoms with Crippen LogP contribution in [-0.2, 0) is 0 Å². The van der Waals surface area contributed by atoms with Crippen molar-refractivity contribution in [2.45, 2.75) is 12.0 Å². The number of Topliss-reactive ketones (excluding diaryl/α,β-unsaturated/α-hetero) is 1. The largest absolute Gasteiger partial charge is 0.497 e. The van der Waals surface area contributed by atoms with Gasteiger partial charge in [0.15, 0.2) is 0 Å². The van der Waals surface area contributed by atoms with Crippen LogP contribution in [0.25, 0.3) is 0 Å². The Balaban J connectivity index is 2.01. The smallest absolute Gasteiger partial charge is 0.460 e. The second-order valence-electron chi connectivity index (χ2n) is 5.50. The van der Waals surface area contributed by atoms with E-state index in [-0.39, 0.29) is 11.3 Å². The van der Waals surface area contributed by atoms with Gasteiger partial charge in [0, 0.05) is 11.9 Å². The molecule has 26 heavy (non-hydrogen) atoms. The summed E-state index contributed by atoms with van der Waals surface area (Å²) < 4.78 is 50.1. The van der Waals surface area contributed by atoms with E-state index in [9.17, 15) is 23.1 Å². The number of hydrogen-bond acceptors (Lipinski definition) is 5. The van der Waals surface area contributed by atoms with Gasteiger partial charge in [-0.1, -0.05) is 12.1 Å². The van der Waals surface area contributed by atoms with Crippen LogP contribution in [-0.4, -0.2) is 30.0 Å². The lowest BCUT2D eigenvalue weighted by atomic mass is 9.92. The van der Waals surface area contributed by atoms with Crippen LogP contribution in [0.2, 0.25) is 0 Å². The van der Waals surface area contributed by atoms with E-state index in [1.54, 1.807) is 24.3 Å². The molecule has 8 heteroatoms. The zero-order chi connectivity index (χ0) is 18.9. The number of anilines is 1. The third-order valence-corrected chi connectivity index (χ3v) is 3.86. The minimum Gasteiger partial charge on any atom is -0.497 e. The maximum Gasteiger partial charge on any atom is 0.460 e. The van der Waals surface area contributed by atoms with Crippen LogP contribution in [0.4, 0.5) is 18.9 Å². The molecule has 0 amide bonds. The first kappa shape index (κ1) is 17.8. The third-order valence-electron chi connectivity index (χ3n) is 3.86. The van der Waals surface area contributed by atoms with E-state index in [0.717, 1.165) is 6.20 Å². The molecule has 0 spiro atoms. The van der Waals surface area contributed by atoms with E-state index in [2.05, 4.69) is 5.32 Å². The van der Waals surface area contributed by atoms with Crippen LogP contribution >= 0.6 is 0 Å². The summed E-state index contributed by atoms with van der Waals surface area (Å²) in [5, 5.41) is 12.7. The lowest BCUT2D eigenvalue weighted by molar-refractivity contribution is -0.315. The molecule has 2 N–H and O–H groups in total. The standard InChI is InChI=1S/C18H14F3NO4/c1-25-12-8-6-11(7-9-12)22-10-14-16(23)13-4-2-3-5-15(13)26-17(14,24)18(19,20)21/h2-10,22,24H,1H3/b14-10-/t17-/m0/s1. The summed E-state index contributed by atoms with van der Waals surface area (Å²) in [6, 6.07) is 11.7. The fourth-order valence-corrected chi connectivity index (χ4v) is 2.47. The zero-order valence-electron chi connectivity index (χ0n) is 13.5. The highest BCUT2D eigenvalue weighted by Crippen LogP contribution is 2.44. The Kier molecular flexibility index (Phi) is 4.37. The molecule has 0 fully saturated rings. The van der Waals surface area contributed by atoms with E-state index in [0.29, 0.717) is 11.4 Å². The van der Waals surface area contributed by atoms with Gasteiger partial charge in [-0.15, -0.1) is 0 Å². The molecule has 0 aromatic heterocycles. The number of methoxy groups -OCH3 is 1. The molecule has 1 atom stereocenters. The number of ether oxygens (including phenoxy) is 2. The molecular weight excluding hydrogens is 351 g/mol. The van der Waals surface area contributed by atoms with Crippen molar-refractivity contribution in [3.05, 3.63) is 65.9 Å². The Morgan fingerprint density at radius 1 is 1.15 bits per heavy atom. The minimum atomic E-state index is -5.22. The number of ketones is 1. The molecule has 0 saturated heterocycles. The summed E-state index contributed by atoms with van der Waals surface area (Å²) >= 11 is 0. The number of hydrogen-bond donors (Lipinski definition) is 2. The number of fused-ring (bicyclic) bond motifs is 1. The van der Waals surface area contributed by atoms with Crippen LogP contribution in [0.3, 0.4) is 0 Å². The second kappa shape index (κ2) is 6.38. The van der Waals surface area contributed by atoms with Crippen molar-refractivity contribution in [2.75, 3.05) is 12.4 Å². The molecule has 136 valence electrons. The number of nitrogens with one attached hydrogen (secondary N) is 1. The lowest BCUT2D eigenvalue weighted by Gasteiger charge is -2.36. The van der Waals surface area contributed by atoms with Gasteiger partial charge in [-0.25, -0.2) is 0 Å². The van der Waals surface area contributed by atoms with E-state index >= 15 is 0 Å². The highest BCUT2D eigenvalue weighted by atomic mass is 19.4. The molecule has 0 unspecified atom stereocenters. The summed E-state index contributed by atoms with van der Waals surface area (Å²) in [6.07, 6.45) is -4.42. The summed E-state index contributed by atoms with van der Waals surface area (Å²) in [5.74, 6) is -4.51. The van der Waals surface area contributed by atoms with E-state index in [1.807, 2.05) is 0 Å². The van der Waals surface area contributed by atoms with Gasteiger partial charge in [0.25, 0.3) is 0 Å². The normalized spacial score (nSPS) is 21.1. The van der Waals surface area contributed by atoms with E-state index in [4.69, 9.17) is 9.47 Å². The minimum absolute atomic E-state index is 0.0656. The molecule has 3 rings (SSSR count). The molecule has 0 saturated carbocycles. The van der Waals surface area contributed by atoms with Gasteiger partial charge in [0.1, 0.15) is 11.5 Å². The van der Waals surface area contributed by atoms with Crippen molar-refractivity contribution in [3.63, 3.8) is 0 Å². The topological polar surface area (TPSA) is 67.8 Å². The molecular formula is C18H14F3NO4. The Hall–Kier alpha value is -3.00. The number of aliphatic hydroxyl groups is 1. The third kappa shape index (κ3) is 2.99. The van der Waals surface area contributed by atoms with Crippen molar-refractivity contribution < 1.29 is 32.5 Å². The first-order chi connectivity index (χ1) is 12.3. The van der Waals surface area contributed by atoms with E-state index < -0.39 is 23.3 Å². The van der Waals surface area contributed by atoms with Crippen LogP contribution in [0, 0.1) is 0 Å². The van der Waals surface area contributed by atoms with Gasteiger partial charge in [-0.05, 0) is 36.4 Å². The number of benzene rings is 2. The SMILES string of the molecule is COc1ccc(N/C=C2/C(=O)c3ccccc3O[C@]2(O)C(F)(F)F)cc1. The van der Waals surface area contributed by atoms with Gasteiger partial charge in [0.2, 0.25) is 5.78 Å². The van der Waals surface area contributed by atoms with Crippen LogP contribution in [0.1, 0.15) is 10.4 Å². The molecule has 2 aromatic rings. The number of halogens is 3. The molecule has 1 heterocycles. The number of alkyl halides is 3. The van der Waals surface area contributed by atoms with Gasteiger partial charge in [-0.3, -0.25) is 4.79 Å². The summed E-state index contributed by atoms with van der Waals surface area (Å²) in [5.41, 5.74) is -0.627. The fourth-order valence-electron chi connectivity index (χ4n) is 2.47. The van der Waals surface area contributed by atoms with Gasteiger partial charge >= 0.3 is 12.0 Å². The first-order valence-corrected chi connectivity index (χ1v) is 7.49. The van der Waals surface area contributed by atoms with Crippen molar-refractivity contribution in [1.29, 1.82) is 0 Å². The van der Waals surface area contributed by atoms with Gasteiger partial charge < -0.3 is 19.9 Å². The zero-order valence-corrected chi connectivity index (χ0v) is 13.5. The van der Waals surface area contributed by atoms with Crippen LogP contribution < -0.4 is 14.8 Å². The molecule has 5 nitrogen and oxygen atoms in total. The maximum absolute atomic E-state index is 13.5. The number of carbonyl (C=O) groups excluding carboxylic acids is 1. The Morgan fingerprint density at radius 3 is 2.42 bits per heavy atom. The Morgan fingerprint density at radius 2 is 1.81 bits per heavy atom. The van der Waals surface area contributed by atoms with Gasteiger partial charge in [0.05, 0.1) is 18.2 Å². The van der Waals surface area contributed by atoms with Crippen molar-refractivity contribution in [1.82, 2.24) is 0 Å². The molecule has 0 bridgehead atoms. The van der Waals surface area contributed by atoms with Crippen molar-refractivity contribution in [3.8, 4) is 11.5 Å². The van der Waals surface area contributed by atoms with E-state index in [1.165, 1.54) is 31.4 Å². The second-order valence-corrected chi connectivity index (χ2v) is 5.50. The summed E-state index contributed by atoms with van der Waals surface area (Å²) in [7, 11) is 1.48. The molecule has 1 aliphatic heterocycles. The lowest BCUT2D eigenvalue weighted by Crippen LogP contribution is -2.56. The number of para-hydroxylation sites is 1.